The van der Waals surface area contributed by atoms with E-state index in [-0.39, 0.29) is 10.6 Å². The number of nitrogens with one attached hydrogen (secondary N) is 1. The summed E-state index contributed by atoms with van der Waals surface area (Å²) < 4.78 is 53.0. The van der Waals surface area contributed by atoms with Crippen LogP contribution in [0.5, 0.6) is 11.5 Å². The van der Waals surface area contributed by atoms with Gasteiger partial charge in [0.05, 0.1) is 10.6 Å². The van der Waals surface area contributed by atoms with E-state index in [9.17, 15) is 17.6 Å². The number of anilines is 2. The van der Waals surface area contributed by atoms with Crippen molar-refractivity contribution in [3.63, 3.8) is 0 Å². The van der Waals surface area contributed by atoms with Gasteiger partial charge in [0.2, 0.25) is 5.91 Å². The smallest absolute Gasteiger partial charge is 0.264 e. The molecule has 0 saturated heterocycles. The minimum atomic E-state index is -4.24. The standard InChI is InChI=1S/C24H23FN2O5S/c1-16-5-3-6-17(2)24(16)26-23(28)15-27(19-8-4-7-18(25)13-19)33(29,30)20-9-10-21-22(14-20)32-12-11-31-21/h3-10,13-14H,11-12,15H2,1-2H3,(H,26,28). The normalized spacial score (nSPS) is 12.8. The fourth-order valence-corrected chi connectivity index (χ4v) is 5.01. The number of sulfonamides is 1. The molecule has 0 radical (unpaired) electrons. The summed E-state index contributed by atoms with van der Waals surface area (Å²) in [7, 11) is -4.24. The van der Waals surface area contributed by atoms with Crippen LogP contribution in [0.15, 0.2) is 65.6 Å². The maximum absolute atomic E-state index is 14.0. The van der Waals surface area contributed by atoms with E-state index in [4.69, 9.17) is 9.47 Å². The van der Waals surface area contributed by atoms with E-state index < -0.39 is 28.3 Å². The fraction of sp³-hybridized carbons (Fsp3) is 0.208. The third-order valence-corrected chi connectivity index (χ3v) is 7.00. The van der Waals surface area contributed by atoms with Gasteiger partial charge in [0, 0.05) is 11.8 Å². The predicted molar refractivity (Wildman–Crippen MR) is 123 cm³/mol. The fourth-order valence-electron chi connectivity index (χ4n) is 3.58. The minimum absolute atomic E-state index is 0.0292. The summed E-state index contributed by atoms with van der Waals surface area (Å²) in [5.41, 5.74) is 2.32. The Hall–Kier alpha value is -3.59. The van der Waals surface area contributed by atoms with Crippen LogP contribution in [0.3, 0.4) is 0 Å². The number of hydrogen-bond acceptors (Lipinski definition) is 5. The third-order valence-electron chi connectivity index (χ3n) is 5.23. The molecule has 0 unspecified atom stereocenters. The number of carbonyl (C=O) groups excluding carboxylic acids is 1. The Morgan fingerprint density at radius 2 is 1.64 bits per heavy atom. The predicted octanol–water partition coefficient (Wildman–Crippen LogP) is 4.05. The van der Waals surface area contributed by atoms with E-state index >= 15 is 0 Å². The average molecular weight is 471 g/mol. The second-order valence-corrected chi connectivity index (χ2v) is 9.47. The topological polar surface area (TPSA) is 84.9 Å². The highest BCUT2D eigenvalue weighted by molar-refractivity contribution is 7.92. The molecule has 7 nitrogen and oxygen atoms in total. The zero-order valence-corrected chi connectivity index (χ0v) is 19.0. The molecule has 33 heavy (non-hydrogen) atoms. The molecule has 0 saturated carbocycles. The van der Waals surface area contributed by atoms with Gasteiger partial charge in [-0.2, -0.15) is 0 Å². The van der Waals surface area contributed by atoms with Gasteiger partial charge in [0.1, 0.15) is 25.6 Å². The van der Waals surface area contributed by atoms with Crippen molar-refractivity contribution in [2.24, 2.45) is 0 Å². The summed E-state index contributed by atoms with van der Waals surface area (Å²) >= 11 is 0. The number of benzene rings is 3. The van der Waals surface area contributed by atoms with Crippen LogP contribution in [-0.4, -0.2) is 34.1 Å². The van der Waals surface area contributed by atoms with Crippen molar-refractivity contribution in [1.82, 2.24) is 0 Å². The number of amides is 1. The molecule has 3 aromatic rings. The van der Waals surface area contributed by atoms with Crippen LogP contribution < -0.4 is 19.1 Å². The summed E-state index contributed by atoms with van der Waals surface area (Å²) in [6, 6.07) is 14.9. The second kappa shape index (κ2) is 9.11. The first-order chi connectivity index (χ1) is 15.8. The van der Waals surface area contributed by atoms with Crippen LogP contribution in [-0.2, 0) is 14.8 Å². The molecular weight excluding hydrogens is 447 g/mol. The Kier molecular flexibility index (Phi) is 6.24. The van der Waals surface area contributed by atoms with E-state index in [1.807, 2.05) is 32.0 Å². The lowest BCUT2D eigenvalue weighted by Crippen LogP contribution is -2.38. The Balaban J connectivity index is 1.70. The number of hydrogen-bond donors (Lipinski definition) is 1. The van der Waals surface area contributed by atoms with Crippen LogP contribution in [0.4, 0.5) is 15.8 Å². The van der Waals surface area contributed by atoms with Crippen LogP contribution in [0.2, 0.25) is 0 Å². The zero-order valence-electron chi connectivity index (χ0n) is 18.2. The van der Waals surface area contributed by atoms with Gasteiger partial charge in [-0.05, 0) is 55.3 Å². The molecule has 9 heteroatoms. The first kappa shape index (κ1) is 22.6. The molecule has 0 atom stereocenters. The first-order valence-electron chi connectivity index (χ1n) is 10.3. The van der Waals surface area contributed by atoms with Crippen molar-refractivity contribution in [2.75, 3.05) is 29.4 Å². The molecule has 0 bridgehead atoms. The van der Waals surface area contributed by atoms with Gasteiger partial charge in [-0.1, -0.05) is 24.3 Å². The number of aryl methyl sites for hydroxylation is 2. The van der Waals surface area contributed by atoms with Gasteiger partial charge in [-0.25, -0.2) is 12.8 Å². The van der Waals surface area contributed by atoms with Crippen molar-refractivity contribution in [1.29, 1.82) is 0 Å². The molecule has 0 spiro atoms. The van der Waals surface area contributed by atoms with Crippen LogP contribution in [0.25, 0.3) is 0 Å². The van der Waals surface area contributed by atoms with Crippen molar-refractivity contribution in [2.45, 2.75) is 18.7 Å². The number of halogens is 1. The van der Waals surface area contributed by atoms with Crippen molar-refractivity contribution in [3.8, 4) is 11.5 Å². The molecule has 3 aromatic carbocycles. The lowest BCUT2D eigenvalue weighted by molar-refractivity contribution is -0.114. The number of fused-ring (bicyclic) bond motifs is 1. The molecule has 1 amide bonds. The van der Waals surface area contributed by atoms with E-state index in [2.05, 4.69) is 5.32 Å². The van der Waals surface area contributed by atoms with E-state index in [0.29, 0.717) is 30.4 Å². The largest absolute Gasteiger partial charge is 0.486 e. The van der Waals surface area contributed by atoms with Crippen LogP contribution in [0.1, 0.15) is 11.1 Å². The minimum Gasteiger partial charge on any atom is -0.486 e. The van der Waals surface area contributed by atoms with Gasteiger partial charge in [0.25, 0.3) is 10.0 Å². The monoisotopic (exact) mass is 470 g/mol. The number of rotatable bonds is 6. The molecule has 0 aromatic heterocycles. The molecule has 4 rings (SSSR count). The molecule has 172 valence electrons. The molecule has 0 fully saturated rings. The summed E-state index contributed by atoms with van der Waals surface area (Å²) in [6.45, 7) is 3.81. The molecule has 1 N–H and O–H groups in total. The SMILES string of the molecule is Cc1cccc(C)c1NC(=O)CN(c1cccc(F)c1)S(=O)(=O)c1ccc2c(c1)OCCO2. The molecule has 0 aliphatic carbocycles. The summed E-state index contributed by atoms with van der Waals surface area (Å²) in [5, 5.41) is 2.78. The summed E-state index contributed by atoms with van der Waals surface area (Å²) in [6.07, 6.45) is 0. The molecule has 1 aliphatic heterocycles. The van der Waals surface area contributed by atoms with Gasteiger partial charge < -0.3 is 14.8 Å². The van der Waals surface area contributed by atoms with Gasteiger partial charge in [-0.15, -0.1) is 0 Å². The van der Waals surface area contributed by atoms with E-state index in [0.717, 1.165) is 21.5 Å². The second-order valence-electron chi connectivity index (χ2n) is 7.61. The molecule has 1 heterocycles. The molecule has 1 aliphatic rings. The number of carbonyl (C=O) groups is 1. The van der Waals surface area contributed by atoms with Crippen molar-refractivity contribution >= 4 is 27.3 Å². The summed E-state index contributed by atoms with van der Waals surface area (Å²) in [4.78, 5) is 12.8. The van der Waals surface area contributed by atoms with Crippen molar-refractivity contribution < 1.29 is 27.1 Å². The van der Waals surface area contributed by atoms with E-state index in [1.165, 1.54) is 36.4 Å². The first-order valence-corrected chi connectivity index (χ1v) is 11.7. The molecular formula is C24H23FN2O5S. The lowest BCUT2D eigenvalue weighted by Gasteiger charge is -2.25. The average Bonchev–Trinajstić information content (AvgIpc) is 2.79. The zero-order chi connectivity index (χ0) is 23.6. The highest BCUT2D eigenvalue weighted by Gasteiger charge is 2.29. The van der Waals surface area contributed by atoms with Crippen LogP contribution >= 0.6 is 0 Å². The number of ether oxygens (including phenoxy) is 2. The number of nitrogens with zero attached hydrogens (tertiary/aromatic N) is 1. The Morgan fingerprint density at radius 3 is 2.33 bits per heavy atom. The van der Waals surface area contributed by atoms with Gasteiger partial charge >= 0.3 is 0 Å². The number of para-hydroxylation sites is 1. The van der Waals surface area contributed by atoms with Crippen LogP contribution in [0, 0.1) is 19.7 Å². The highest BCUT2D eigenvalue weighted by Crippen LogP contribution is 2.34. The Bertz CT molecular complexity index is 1290. The van der Waals surface area contributed by atoms with Gasteiger partial charge in [-0.3, -0.25) is 9.10 Å². The van der Waals surface area contributed by atoms with Crippen molar-refractivity contribution in [3.05, 3.63) is 77.6 Å². The highest BCUT2D eigenvalue weighted by atomic mass is 32.2. The maximum atomic E-state index is 14.0. The van der Waals surface area contributed by atoms with Gasteiger partial charge in [0.15, 0.2) is 11.5 Å². The Labute approximate surface area is 191 Å². The third kappa shape index (κ3) is 4.78. The lowest BCUT2D eigenvalue weighted by atomic mass is 10.1. The summed E-state index contributed by atoms with van der Waals surface area (Å²) in [5.74, 6) is -0.449. The Morgan fingerprint density at radius 1 is 0.970 bits per heavy atom. The quantitative estimate of drug-likeness (QED) is 0.588. The van der Waals surface area contributed by atoms with E-state index in [1.54, 1.807) is 0 Å². The maximum Gasteiger partial charge on any atom is 0.264 e.